The van der Waals surface area contributed by atoms with Gasteiger partial charge in [-0.3, -0.25) is 4.79 Å². The number of rotatable bonds is 26. The number of carbonyl (C=O) groups excluding carboxylic acids is 1. The van der Waals surface area contributed by atoms with Gasteiger partial charge in [0.2, 0.25) is 10.0 Å². The number of sulfonamides is 1. The van der Waals surface area contributed by atoms with Gasteiger partial charge in [0, 0.05) is 30.4 Å². The second kappa shape index (κ2) is 26.0. The third-order valence-corrected chi connectivity index (χ3v) is 9.25. The van der Waals surface area contributed by atoms with Crippen molar-refractivity contribution in [3.63, 3.8) is 0 Å². The second-order valence-corrected chi connectivity index (χ2v) is 13.4. The van der Waals surface area contributed by atoms with Crippen LogP contribution >= 0.6 is 34.4 Å². The van der Waals surface area contributed by atoms with Gasteiger partial charge in [0.15, 0.2) is 0 Å². The minimum atomic E-state index is -3.27. The average molecular weight is 649 g/mol. The highest BCUT2D eigenvalue weighted by atomic mass is 127. The van der Waals surface area contributed by atoms with E-state index in [1.165, 1.54) is 89.9 Å². The van der Waals surface area contributed by atoms with E-state index in [0.717, 1.165) is 29.0 Å². The number of halogens is 1. The van der Waals surface area contributed by atoms with Gasteiger partial charge >= 0.3 is 0 Å². The molecule has 0 aliphatic carbocycles. The van der Waals surface area contributed by atoms with E-state index in [2.05, 4.69) is 39.6 Å². The van der Waals surface area contributed by atoms with Crippen LogP contribution < -0.4 is 10.0 Å². The molecule has 35 heavy (non-hydrogen) atoms. The molecular weight excluding hydrogens is 595 g/mol. The van der Waals surface area contributed by atoms with Crippen LogP contribution in [0.1, 0.15) is 116 Å². The number of carbonyl (C=O) groups is 1. The number of unbranched alkanes of at least 4 members (excludes halogenated alkanes) is 15. The predicted octanol–water partition coefficient (Wildman–Crippen LogP) is 7.45. The summed E-state index contributed by atoms with van der Waals surface area (Å²) in [4.78, 5) is 12.0. The minimum absolute atomic E-state index is 0.0687. The molecule has 2 N–H and O–H groups in total. The van der Waals surface area contributed by atoms with Gasteiger partial charge in [0.25, 0.3) is 5.24 Å². The van der Waals surface area contributed by atoms with Crippen molar-refractivity contribution in [1.82, 2.24) is 10.0 Å². The van der Waals surface area contributed by atoms with Crippen LogP contribution in [-0.2, 0) is 14.8 Å². The fourth-order valence-electron chi connectivity index (χ4n) is 3.83. The van der Waals surface area contributed by atoms with E-state index in [4.69, 9.17) is 4.74 Å². The van der Waals surface area contributed by atoms with Crippen molar-refractivity contribution in [3.8, 4) is 0 Å². The van der Waals surface area contributed by atoms with E-state index < -0.39 is 10.0 Å². The van der Waals surface area contributed by atoms with Crippen LogP contribution in [0.15, 0.2) is 0 Å². The summed E-state index contributed by atoms with van der Waals surface area (Å²) < 4.78 is 32.4. The van der Waals surface area contributed by atoms with Gasteiger partial charge in [-0.15, -0.1) is 0 Å². The summed E-state index contributed by atoms with van der Waals surface area (Å²) >= 11 is 3.32. The Morgan fingerprint density at radius 3 is 1.77 bits per heavy atom. The highest BCUT2D eigenvalue weighted by molar-refractivity contribution is 14.1. The van der Waals surface area contributed by atoms with Crippen molar-refractivity contribution in [3.05, 3.63) is 0 Å². The van der Waals surface area contributed by atoms with Crippen molar-refractivity contribution >= 4 is 49.6 Å². The lowest BCUT2D eigenvalue weighted by Gasteiger charge is -2.15. The van der Waals surface area contributed by atoms with Crippen molar-refractivity contribution in [2.75, 3.05) is 36.1 Å². The quantitative estimate of drug-likeness (QED) is 0.0579. The molecule has 0 aromatic carbocycles. The Hall–Kier alpha value is 0.420. The lowest BCUT2D eigenvalue weighted by molar-refractivity contribution is 0.126. The molecule has 0 heterocycles. The first-order valence-corrected chi connectivity index (χ1v) is 18.1. The van der Waals surface area contributed by atoms with Gasteiger partial charge in [-0.2, -0.15) is 0 Å². The van der Waals surface area contributed by atoms with Crippen molar-refractivity contribution in [2.24, 2.45) is 0 Å². The van der Waals surface area contributed by atoms with E-state index in [-0.39, 0.29) is 23.6 Å². The Kier molecular flexibility index (Phi) is 26.4. The summed E-state index contributed by atoms with van der Waals surface area (Å²) in [5, 5.41) is 2.87. The molecule has 6 nitrogen and oxygen atoms in total. The van der Waals surface area contributed by atoms with E-state index >= 15 is 0 Å². The monoisotopic (exact) mass is 648 g/mol. The van der Waals surface area contributed by atoms with Crippen LogP contribution in [0.25, 0.3) is 0 Å². The SMILES string of the molecule is CCCCCCCCCCCCCCCCCCNC(=O)SCC(CNS(=O)(=O)CCCI)OC. The van der Waals surface area contributed by atoms with Crippen molar-refractivity contribution in [1.29, 1.82) is 0 Å². The van der Waals surface area contributed by atoms with Crippen molar-refractivity contribution in [2.45, 2.75) is 122 Å². The number of methoxy groups -OCH3 is 1. The Bertz CT molecular complexity index is 580. The van der Waals surface area contributed by atoms with Crippen LogP contribution in [-0.4, -0.2) is 55.9 Å². The number of hydrogen-bond donors (Lipinski definition) is 2. The molecule has 1 amide bonds. The van der Waals surface area contributed by atoms with Gasteiger partial charge in [-0.1, -0.05) is 138 Å². The second-order valence-electron chi connectivity index (χ2n) is 9.40. The Balaban J connectivity index is 3.49. The molecule has 0 bridgehead atoms. The van der Waals surface area contributed by atoms with Gasteiger partial charge in [0.05, 0.1) is 11.9 Å². The van der Waals surface area contributed by atoms with E-state index in [1.54, 1.807) is 7.11 Å². The van der Waals surface area contributed by atoms with Crippen LogP contribution in [0.4, 0.5) is 4.79 Å². The fraction of sp³-hybridized carbons (Fsp3) is 0.962. The molecule has 0 saturated heterocycles. The zero-order valence-electron chi connectivity index (χ0n) is 22.5. The summed E-state index contributed by atoms with van der Waals surface area (Å²) in [6.45, 7) is 3.17. The standard InChI is InChI=1S/C26H53IN2O4S2/c1-3-4-5-6-7-8-9-10-11-12-13-14-15-16-17-18-21-28-26(30)34-24-25(33-2)23-29-35(31,32)22-19-20-27/h25,29H,3-24H2,1-2H3,(H,28,30). The summed E-state index contributed by atoms with van der Waals surface area (Å²) in [7, 11) is -1.73. The van der Waals surface area contributed by atoms with Crippen LogP contribution in [0.3, 0.4) is 0 Å². The molecule has 0 fully saturated rings. The summed E-state index contributed by atoms with van der Waals surface area (Å²) in [5.74, 6) is 0.551. The van der Waals surface area contributed by atoms with Gasteiger partial charge in [0.1, 0.15) is 0 Å². The van der Waals surface area contributed by atoms with Gasteiger partial charge < -0.3 is 10.1 Å². The Morgan fingerprint density at radius 2 is 1.31 bits per heavy atom. The number of amides is 1. The number of hydrogen-bond acceptors (Lipinski definition) is 5. The van der Waals surface area contributed by atoms with Gasteiger partial charge in [-0.05, 0) is 12.8 Å². The molecule has 0 saturated carbocycles. The zero-order chi connectivity index (χ0) is 26.0. The molecule has 0 aliphatic heterocycles. The lowest BCUT2D eigenvalue weighted by atomic mass is 10.0. The first kappa shape index (κ1) is 35.4. The number of alkyl halides is 1. The summed E-state index contributed by atoms with van der Waals surface area (Å²) in [6, 6.07) is 0. The molecule has 0 aromatic heterocycles. The number of ether oxygens (including phenoxy) is 1. The van der Waals surface area contributed by atoms with Crippen LogP contribution in [0.5, 0.6) is 0 Å². The maximum absolute atomic E-state index is 12.0. The molecule has 1 atom stereocenters. The first-order chi connectivity index (χ1) is 16.9. The number of nitrogens with one attached hydrogen (secondary N) is 2. The highest BCUT2D eigenvalue weighted by Crippen LogP contribution is 2.14. The predicted molar refractivity (Wildman–Crippen MR) is 161 cm³/mol. The molecule has 0 rings (SSSR count). The van der Waals surface area contributed by atoms with Crippen LogP contribution in [0, 0.1) is 0 Å². The van der Waals surface area contributed by atoms with E-state index in [0.29, 0.717) is 18.7 Å². The maximum atomic E-state index is 12.0. The molecular formula is C26H53IN2O4S2. The number of thioether (sulfide) groups is 1. The zero-order valence-corrected chi connectivity index (χ0v) is 26.3. The smallest absolute Gasteiger partial charge is 0.279 e. The van der Waals surface area contributed by atoms with E-state index in [1.807, 2.05) is 0 Å². The molecule has 0 aromatic rings. The lowest BCUT2D eigenvalue weighted by Crippen LogP contribution is -2.36. The van der Waals surface area contributed by atoms with Crippen molar-refractivity contribution < 1.29 is 17.9 Å². The fourth-order valence-corrected chi connectivity index (χ4v) is 6.63. The first-order valence-electron chi connectivity index (χ1n) is 13.9. The maximum Gasteiger partial charge on any atom is 0.279 e. The summed E-state index contributed by atoms with van der Waals surface area (Å²) in [6.07, 6.45) is 21.7. The molecule has 0 radical (unpaired) electrons. The normalized spacial score (nSPS) is 12.7. The van der Waals surface area contributed by atoms with E-state index in [9.17, 15) is 13.2 Å². The average Bonchev–Trinajstić information content (AvgIpc) is 2.84. The Labute approximate surface area is 234 Å². The highest BCUT2D eigenvalue weighted by Gasteiger charge is 2.15. The minimum Gasteiger partial charge on any atom is -0.379 e. The molecule has 210 valence electrons. The third kappa shape index (κ3) is 25.8. The topological polar surface area (TPSA) is 84.5 Å². The summed E-state index contributed by atoms with van der Waals surface area (Å²) in [5.41, 5.74) is 0. The largest absolute Gasteiger partial charge is 0.379 e. The third-order valence-electron chi connectivity index (χ3n) is 6.11. The van der Waals surface area contributed by atoms with Crippen LogP contribution in [0.2, 0.25) is 0 Å². The molecule has 0 aliphatic rings. The Morgan fingerprint density at radius 1 is 0.829 bits per heavy atom. The molecule has 0 spiro atoms. The molecule has 1 unspecified atom stereocenters. The molecule has 9 heteroatoms. The van der Waals surface area contributed by atoms with Gasteiger partial charge in [-0.25, -0.2) is 13.1 Å².